The topological polar surface area (TPSA) is 63.5 Å². The molecule has 0 spiro atoms. The van der Waals surface area contributed by atoms with Gasteiger partial charge in [0.05, 0.1) is 18.8 Å². The summed E-state index contributed by atoms with van der Waals surface area (Å²) in [6, 6.07) is -0.314. The van der Waals surface area contributed by atoms with Crippen LogP contribution in [0.5, 0.6) is 0 Å². The second kappa shape index (κ2) is 7.38. The van der Waals surface area contributed by atoms with Crippen LogP contribution in [0, 0.1) is 0 Å². The van der Waals surface area contributed by atoms with Crippen molar-refractivity contribution in [3.05, 3.63) is 32.0 Å². The van der Waals surface area contributed by atoms with Crippen LogP contribution in [0.4, 0.5) is 24.9 Å². The second-order valence-corrected chi connectivity index (χ2v) is 9.52. The molecule has 5 heterocycles. The molecule has 2 aromatic heterocycles. The summed E-state index contributed by atoms with van der Waals surface area (Å²) < 4.78 is 48.9. The molecule has 0 aliphatic carbocycles. The summed E-state index contributed by atoms with van der Waals surface area (Å²) >= 11 is 6.98. The Morgan fingerprint density at radius 3 is 2.60 bits per heavy atom. The fourth-order valence-electron chi connectivity index (χ4n) is 4.47. The summed E-state index contributed by atoms with van der Waals surface area (Å²) in [7, 11) is 0. The highest BCUT2D eigenvalue weighted by atomic mass is 35.5. The minimum absolute atomic E-state index is 0.0278. The predicted octanol–water partition coefficient (Wildman–Crippen LogP) is 3.06. The Morgan fingerprint density at radius 2 is 1.97 bits per heavy atom. The van der Waals surface area contributed by atoms with E-state index in [0.717, 1.165) is 29.1 Å². The molecular formula is C18H19ClF3N5O2S. The molecule has 2 unspecified atom stereocenters. The van der Waals surface area contributed by atoms with E-state index >= 15 is 0 Å². The van der Waals surface area contributed by atoms with Gasteiger partial charge in [0, 0.05) is 36.8 Å². The Labute approximate surface area is 179 Å². The largest absolute Gasteiger partial charge is 0.408 e. The van der Waals surface area contributed by atoms with E-state index in [-0.39, 0.29) is 47.7 Å². The van der Waals surface area contributed by atoms with Crippen LogP contribution in [0.1, 0.15) is 24.1 Å². The molecule has 162 valence electrons. The van der Waals surface area contributed by atoms with Crippen molar-refractivity contribution in [2.24, 2.45) is 0 Å². The van der Waals surface area contributed by atoms with Gasteiger partial charge in [-0.2, -0.15) is 18.2 Å². The Hall–Kier alpha value is -1.85. The maximum atomic E-state index is 13.8. The zero-order valence-corrected chi connectivity index (χ0v) is 17.4. The third-order valence-corrected chi connectivity index (χ3v) is 6.93. The minimum atomic E-state index is -4.45. The summed E-state index contributed by atoms with van der Waals surface area (Å²) in [5, 5.41) is 0. The quantitative estimate of drug-likeness (QED) is 0.700. The summed E-state index contributed by atoms with van der Waals surface area (Å²) in [5.74, 6) is 0.441. The van der Waals surface area contributed by atoms with Gasteiger partial charge in [-0.25, -0.2) is 4.98 Å². The third kappa shape index (κ3) is 3.67. The molecule has 2 fully saturated rings. The third-order valence-electron chi connectivity index (χ3n) is 5.83. The average molecular weight is 462 g/mol. The number of hydrogen-bond donors (Lipinski definition) is 0. The molecule has 30 heavy (non-hydrogen) atoms. The number of rotatable bonds is 3. The minimum Gasteiger partial charge on any atom is -0.371 e. The van der Waals surface area contributed by atoms with Gasteiger partial charge in [0.15, 0.2) is 4.47 Å². The molecule has 0 amide bonds. The van der Waals surface area contributed by atoms with Crippen LogP contribution in [0.2, 0.25) is 4.47 Å². The number of fused-ring (bicyclic) bond motifs is 3. The first kappa shape index (κ1) is 20.1. The van der Waals surface area contributed by atoms with Crippen LogP contribution in [0.3, 0.4) is 0 Å². The molecular weight excluding hydrogens is 443 g/mol. The van der Waals surface area contributed by atoms with Gasteiger partial charge in [-0.1, -0.05) is 11.6 Å². The van der Waals surface area contributed by atoms with E-state index in [2.05, 4.69) is 9.97 Å². The normalized spacial score (nSPS) is 26.2. The maximum absolute atomic E-state index is 13.8. The van der Waals surface area contributed by atoms with Crippen molar-refractivity contribution in [1.29, 1.82) is 0 Å². The molecule has 0 saturated carbocycles. The van der Waals surface area contributed by atoms with Crippen molar-refractivity contribution in [3.63, 3.8) is 0 Å². The monoisotopic (exact) mass is 461 g/mol. The first-order valence-electron chi connectivity index (χ1n) is 9.74. The van der Waals surface area contributed by atoms with Gasteiger partial charge in [-0.15, -0.1) is 11.3 Å². The smallest absolute Gasteiger partial charge is 0.371 e. The molecule has 5 rings (SSSR count). The average Bonchev–Trinajstić information content (AvgIpc) is 3.25. The van der Waals surface area contributed by atoms with Crippen LogP contribution in [-0.4, -0.2) is 52.1 Å². The van der Waals surface area contributed by atoms with Crippen LogP contribution in [0.15, 0.2) is 17.1 Å². The van der Waals surface area contributed by atoms with Gasteiger partial charge in [0.2, 0.25) is 5.95 Å². The van der Waals surface area contributed by atoms with E-state index in [4.69, 9.17) is 16.3 Å². The summed E-state index contributed by atoms with van der Waals surface area (Å²) in [6.45, 7) is 1.07. The van der Waals surface area contributed by atoms with E-state index in [0.29, 0.717) is 23.8 Å². The zero-order chi connectivity index (χ0) is 21.0. The van der Waals surface area contributed by atoms with Gasteiger partial charge in [0.25, 0.3) is 5.56 Å². The number of alkyl halides is 3. The number of thiazole rings is 1. The molecule has 0 radical (unpaired) electrons. The maximum Gasteiger partial charge on any atom is 0.408 e. The molecule has 2 bridgehead atoms. The predicted molar refractivity (Wildman–Crippen MR) is 106 cm³/mol. The Bertz CT molecular complexity index is 1000. The van der Waals surface area contributed by atoms with E-state index in [1.165, 1.54) is 16.8 Å². The summed E-state index contributed by atoms with van der Waals surface area (Å²) in [6.07, 6.45) is -1.18. The fraction of sp³-hybridized carbons (Fsp3) is 0.611. The fourth-order valence-corrected chi connectivity index (χ4v) is 5.44. The highest BCUT2D eigenvalue weighted by molar-refractivity contribution is 7.15. The van der Waals surface area contributed by atoms with E-state index in [1.807, 2.05) is 4.90 Å². The molecule has 0 N–H and O–H groups in total. The highest BCUT2D eigenvalue weighted by Crippen LogP contribution is 2.37. The SMILES string of the molecule is O=c1cc(N2CC3CC[C@@H](C2)O3)nc2n1CCC(C(F)(F)F)N2Cc1cnc(Cl)s1. The highest BCUT2D eigenvalue weighted by Gasteiger charge is 2.47. The van der Waals surface area contributed by atoms with Gasteiger partial charge < -0.3 is 14.5 Å². The van der Waals surface area contributed by atoms with Crippen molar-refractivity contribution < 1.29 is 17.9 Å². The molecule has 0 aromatic carbocycles. The zero-order valence-electron chi connectivity index (χ0n) is 15.8. The van der Waals surface area contributed by atoms with Crippen LogP contribution < -0.4 is 15.4 Å². The van der Waals surface area contributed by atoms with Gasteiger partial charge in [-0.3, -0.25) is 9.36 Å². The Kier molecular flexibility index (Phi) is 4.94. The number of nitrogens with zero attached hydrogens (tertiary/aromatic N) is 5. The number of halogens is 4. The second-order valence-electron chi connectivity index (χ2n) is 7.82. The molecule has 3 aliphatic heterocycles. The molecule has 12 heteroatoms. The molecule has 7 nitrogen and oxygen atoms in total. The van der Waals surface area contributed by atoms with Gasteiger partial charge in [0.1, 0.15) is 11.9 Å². The van der Waals surface area contributed by atoms with Crippen molar-refractivity contribution in [2.45, 2.75) is 56.8 Å². The Morgan fingerprint density at radius 1 is 1.23 bits per heavy atom. The molecule has 2 saturated heterocycles. The lowest BCUT2D eigenvalue weighted by atomic mass is 10.1. The molecule has 3 aliphatic rings. The van der Waals surface area contributed by atoms with Crippen molar-refractivity contribution in [3.8, 4) is 0 Å². The van der Waals surface area contributed by atoms with Crippen LogP contribution in [0.25, 0.3) is 0 Å². The standard InChI is InChI=1S/C18H19ClF3N5O2S/c19-16-23-6-12(30-16)9-27-13(18(20,21)22)3-4-26-15(28)5-14(24-17(26)27)25-7-10-1-2-11(8-25)29-10/h5-6,10-11,13H,1-4,7-9H2/t10-,11?,13?/m0/s1. The molecule has 3 atom stereocenters. The summed E-state index contributed by atoms with van der Waals surface area (Å²) in [4.78, 5) is 25.0. The van der Waals surface area contributed by atoms with E-state index in [9.17, 15) is 18.0 Å². The van der Waals surface area contributed by atoms with Gasteiger partial charge in [-0.05, 0) is 19.3 Å². The van der Waals surface area contributed by atoms with Crippen LogP contribution >= 0.6 is 22.9 Å². The van der Waals surface area contributed by atoms with Gasteiger partial charge >= 0.3 is 6.18 Å². The van der Waals surface area contributed by atoms with Crippen molar-refractivity contribution >= 4 is 34.7 Å². The van der Waals surface area contributed by atoms with Crippen LogP contribution in [-0.2, 0) is 17.8 Å². The summed E-state index contributed by atoms with van der Waals surface area (Å²) in [5.41, 5.74) is -0.346. The first-order valence-corrected chi connectivity index (χ1v) is 10.9. The number of hydrogen-bond acceptors (Lipinski definition) is 7. The number of anilines is 2. The lowest BCUT2D eigenvalue weighted by molar-refractivity contribution is -0.153. The van der Waals surface area contributed by atoms with E-state index in [1.54, 1.807) is 0 Å². The van der Waals surface area contributed by atoms with Crippen molar-refractivity contribution in [1.82, 2.24) is 14.5 Å². The lowest BCUT2D eigenvalue weighted by Gasteiger charge is -2.39. The lowest BCUT2D eigenvalue weighted by Crippen LogP contribution is -2.52. The van der Waals surface area contributed by atoms with Crippen molar-refractivity contribution in [2.75, 3.05) is 22.9 Å². The number of aromatic nitrogens is 3. The Balaban J connectivity index is 1.55. The number of morpholine rings is 1. The molecule has 2 aromatic rings. The number of ether oxygens (including phenoxy) is 1. The first-order chi connectivity index (χ1) is 14.3. The van der Waals surface area contributed by atoms with E-state index < -0.39 is 12.2 Å².